The lowest BCUT2D eigenvalue weighted by Gasteiger charge is -2.36. The Morgan fingerprint density at radius 1 is 1.00 bits per heavy atom. The van der Waals surface area contributed by atoms with Crippen LogP contribution in [0.25, 0.3) is 0 Å². The van der Waals surface area contributed by atoms with Crippen molar-refractivity contribution in [2.45, 2.75) is 13.0 Å². The Morgan fingerprint density at radius 3 is 2.41 bits per heavy atom. The molecular formula is C22H25N3O4. The smallest absolute Gasteiger partial charge is 0.267 e. The van der Waals surface area contributed by atoms with E-state index in [1.54, 1.807) is 11.0 Å². The predicted octanol–water partition coefficient (Wildman–Crippen LogP) is 1.92. The molecule has 152 valence electrons. The Morgan fingerprint density at radius 2 is 1.69 bits per heavy atom. The number of hydrogen-bond acceptors (Lipinski definition) is 5. The van der Waals surface area contributed by atoms with Crippen LogP contribution in [0.3, 0.4) is 0 Å². The summed E-state index contributed by atoms with van der Waals surface area (Å²) in [5, 5.41) is 2.91. The molecule has 2 heterocycles. The lowest BCUT2D eigenvalue weighted by molar-refractivity contribution is -0.143. The quantitative estimate of drug-likeness (QED) is 0.857. The Kier molecular flexibility index (Phi) is 5.67. The van der Waals surface area contributed by atoms with E-state index in [9.17, 15) is 9.59 Å². The van der Waals surface area contributed by atoms with Crippen molar-refractivity contribution in [1.29, 1.82) is 0 Å². The summed E-state index contributed by atoms with van der Waals surface area (Å²) in [4.78, 5) is 28.9. The summed E-state index contributed by atoms with van der Waals surface area (Å²) in [5.74, 6) is 1.15. The van der Waals surface area contributed by atoms with Crippen LogP contribution in [0, 0.1) is 6.92 Å². The third-order valence-corrected chi connectivity index (χ3v) is 5.17. The molecule has 0 aliphatic carbocycles. The molecular weight excluding hydrogens is 370 g/mol. The molecule has 29 heavy (non-hydrogen) atoms. The van der Waals surface area contributed by atoms with Gasteiger partial charge in [0.1, 0.15) is 6.61 Å². The summed E-state index contributed by atoms with van der Waals surface area (Å²) in [6.07, 6.45) is -0.624. The molecule has 2 aliphatic rings. The van der Waals surface area contributed by atoms with Crippen LogP contribution in [-0.4, -0.2) is 67.0 Å². The Balaban J connectivity index is 1.24. The fraction of sp³-hybridized carbons (Fsp3) is 0.364. The fourth-order valence-corrected chi connectivity index (χ4v) is 3.51. The minimum Gasteiger partial charge on any atom is -0.485 e. The zero-order valence-corrected chi connectivity index (χ0v) is 16.5. The highest BCUT2D eigenvalue weighted by atomic mass is 16.6. The molecule has 2 aromatic carbocycles. The van der Waals surface area contributed by atoms with Crippen molar-refractivity contribution >= 4 is 17.5 Å². The van der Waals surface area contributed by atoms with Crippen LogP contribution in [0.1, 0.15) is 5.56 Å². The molecule has 2 aliphatic heterocycles. The van der Waals surface area contributed by atoms with Crippen LogP contribution >= 0.6 is 0 Å². The average molecular weight is 395 g/mol. The number of piperazine rings is 1. The van der Waals surface area contributed by atoms with Crippen LogP contribution in [0.2, 0.25) is 0 Å². The number of carbonyl (C=O) groups is 2. The second-order valence-electron chi connectivity index (χ2n) is 7.38. The van der Waals surface area contributed by atoms with Gasteiger partial charge in [0, 0.05) is 31.9 Å². The number of fused-ring (bicyclic) bond motifs is 1. The molecule has 7 heteroatoms. The number of para-hydroxylation sites is 2. The third kappa shape index (κ3) is 4.68. The molecule has 1 fully saturated rings. The zero-order valence-electron chi connectivity index (χ0n) is 16.5. The summed E-state index contributed by atoms with van der Waals surface area (Å²) < 4.78 is 11.5. The van der Waals surface area contributed by atoms with E-state index in [-0.39, 0.29) is 18.4 Å². The van der Waals surface area contributed by atoms with E-state index in [1.165, 1.54) is 0 Å². The van der Waals surface area contributed by atoms with Gasteiger partial charge in [-0.2, -0.15) is 0 Å². The number of aryl methyl sites for hydroxylation is 1. The van der Waals surface area contributed by atoms with Gasteiger partial charge in [-0.25, -0.2) is 0 Å². The van der Waals surface area contributed by atoms with E-state index in [4.69, 9.17) is 9.47 Å². The number of hydrogen-bond donors (Lipinski definition) is 1. The number of amides is 2. The molecule has 0 unspecified atom stereocenters. The third-order valence-electron chi connectivity index (χ3n) is 5.17. The number of ether oxygens (including phenoxy) is 2. The van der Waals surface area contributed by atoms with E-state index in [2.05, 4.69) is 10.2 Å². The predicted molar refractivity (Wildman–Crippen MR) is 109 cm³/mol. The molecule has 0 spiro atoms. The standard InChI is InChI=1S/C22H25N3O4/c1-16-6-8-17(9-7-16)23-21(26)14-24-10-12-25(13-11-24)22(27)20-15-28-18-4-2-3-5-19(18)29-20/h2-9,20H,10-15H2,1H3,(H,23,26)/t20-/m0/s1. The van der Waals surface area contributed by atoms with Gasteiger partial charge in [0.25, 0.3) is 5.91 Å². The summed E-state index contributed by atoms with van der Waals surface area (Å²) in [5.41, 5.74) is 1.95. The maximum atomic E-state index is 12.8. The Hall–Kier alpha value is -3.06. The van der Waals surface area contributed by atoms with Crippen LogP contribution in [0.4, 0.5) is 5.69 Å². The van der Waals surface area contributed by atoms with Gasteiger partial charge in [-0.3, -0.25) is 14.5 Å². The molecule has 4 rings (SSSR count). The van der Waals surface area contributed by atoms with Crippen molar-refractivity contribution in [1.82, 2.24) is 9.80 Å². The number of anilines is 1. The van der Waals surface area contributed by atoms with Crippen LogP contribution in [0.5, 0.6) is 11.5 Å². The maximum absolute atomic E-state index is 12.8. The normalized spacial score (nSPS) is 18.9. The maximum Gasteiger partial charge on any atom is 0.267 e. The lowest BCUT2D eigenvalue weighted by Crippen LogP contribution is -2.54. The molecule has 2 amide bonds. The van der Waals surface area contributed by atoms with Crippen LogP contribution < -0.4 is 14.8 Å². The van der Waals surface area contributed by atoms with Crippen molar-refractivity contribution in [2.24, 2.45) is 0 Å². The van der Waals surface area contributed by atoms with Crippen molar-refractivity contribution in [3.8, 4) is 11.5 Å². The van der Waals surface area contributed by atoms with E-state index >= 15 is 0 Å². The molecule has 2 aromatic rings. The van der Waals surface area contributed by atoms with Crippen LogP contribution in [-0.2, 0) is 9.59 Å². The number of nitrogens with zero attached hydrogens (tertiary/aromatic N) is 2. The first-order valence-electron chi connectivity index (χ1n) is 9.84. The molecule has 1 saturated heterocycles. The van der Waals surface area contributed by atoms with E-state index < -0.39 is 6.10 Å². The molecule has 0 aromatic heterocycles. The highest BCUT2D eigenvalue weighted by Crippen LogP contribution is 2.31. The largest absolute Gasteiger partial charge is 0.485 e. The summed E-state index contributed by atoms with van der Waals surface area (Å²) in [7, 11) is 0. The molecule has 0 saturated carbocycles. The first kappa shape index (κ1) is 19.3. The van der Waals surface area contributed by atoms with Gasteiger partial charge in [0.15, 0.2) is 11.5 Å². The monoisotopic (exact) mass is 395 g/mol. The molecule has 0 bridgehead atoms. The number of carbonyl (C=O) groups excluding carboxylic acids is 2. The highest BCUT2D eigenvalue weighted by molar-refractivity contribution is 5.92. The fourth-order valence-electron chi connectivity index (χ4n) is 3.51. The van der Waals surface area contributed by atoms with Crippen molar-refractivity contribution in [3.05, 3.63) is 54.1 Å². The van der Waals surface area contributed by atoms with Gasteiger partial charge in [0.05, 0.1) is 6.54 Å². The van der Waals surface area contributed by atoms with Gasteiger partial charge >= 0.3 is 0 Å². The summed E-state index contributed by atoms with van der Waals surface area (Å²) in [6, 6.07) is 15.1. The van der Waals surface area contributed by atoms with Crippen molar-refractivity contribution < 1.29 is 19.1 Å². The van der Waals surface area contributed by atoms with Gasteiger partial charge in [-0.15, -0.1) is 0 Å². The zero-order chi connectivity index (χ0) is 20.2. The van der Waals surface area contributed by atoms with Gasteiger partial charge < -0.3 is 19.7 Å². The number of benzene rings is 2. The summed E-state index contributed by atoms with van der Waals surface area (Å²) in [6.45, 7) is 4.97. The molecule has 1 atom stereocenters. The molecule has 1 N–H and O–H groups in total. The minimum atomic E-state index is -0.624. The average Bonchev–Trinajstić information content (AvgIpc) is 2.75. The first-order valence-corrected chi connectivity index (χ1v) is 9.84. The Labute approximate surface area is 170 Å². The lowest BCUT2D eigenvalue weighted by atomic mass is 10.2. The minimum absolute atomic E-state index is 0.0470. The Bertz CT molecular complexity index is 876. The second-order valence-corrected chi connectivity index (χ2v) is 7.38. The molecule has 7 nitrogen and oxygen atoms in total. The van der Waals surface area contributed by atoms with Gasteiger partial charge in [-0.1, -0.05) is 29.8 Å². The summed E-state index contributed by atoms with van der Waals surface area (Å²) >= 11 is 0. The number of nitrogens with one attached hydrogen (secondary N) is 1. The van der Waals surface area contributed by atoms with E-state index in [1.807, 2.05) is 49.4 Å². The number of rotatable bonds is 4. The van der Waals surface area contributed by atoms with Gasteiger partial charge in [0.2, 0.25) is 12.0 Å². The van der Waals surface area contributed by atoms with Crippen molar-refractivity contribution in [3.63, 3.8) is 0 Å². The van der Waals surface area contributed by atoms with E-state index in [0.717, 1.165) is 11.3 Å². The first-order chi connectivity index (χ1) is 14.1. The van der Waals surface area contributed by atoms with Crippen molar-refractivity contribution in [2.75, 3.05) is 44.6 Å². The molecule has 0 radical (unpaired) electrons. The highest BCUT2D eigenvalue weighted by Gasteiger charge is 2.32. The topological polar surface area (TPSA) is 71.1 Å². The SMILES string of the molecule is Cc1ccc(NC(=O)CN2CCN(C(=O)[C@@H]3COc4ccccc4O3)CC2)cc1. The van der Waals surface area contributed by atoms with Crippen LogP contribution in [0.15, 0.2) is 48.5 Å². The van der Waals surface area contributed by atoms with Gasteiger partial charge in [-0.05, 0) is 31.2 Å². The second kappa shape index (κ2) is 8.53. The van der Waals surface area contributed by atoms with E-state index in [0.29, 0.717) is 44.2 Å².